The van der Waals surface area contributed by atoms with Gasteiger partial charge in [0.25, 0.3) is 0 Å². The van der Waals surface area contributed by atoms with Gasteiger partial charge in [-0.25, -0.2) is 0 Å². The first-order valence-electron chi connectivity index (χ1n) is 7.61. The van der Waals surface area contributed by atoms with Gasteiger partial charge in [-0.15, -0.1) is 0 Å². The number of rotatable bonds is 4. The topological polar surface area (TPSA) is 37.0 Å². The Balaban J connectivity index is 1.83. The van der Waals surface area contributed by atoms with Crippen LogP contribution in [0.25, 0.3) is 10.9 Å². The average Bonchev–Trinajstić information content (AvgIpc) is 2.61. The van der Waals surface area contributed by atoms with Crippen LogP contribution in [0.4, 0.5) is 11.4 Å². The van der Waals surface area contributed by atoms with E-state index in [1.807, 2.05) is 55.7 Å². The van der Waals surface area contributed by atoms with Crippen molar-refractivity contribution in [2.45, 2.75) is 12.8 Å². The summed E-state index contributed by atoms with van der Waals surface area (Å²) in [6.07, 6.45) is 1.91. The minimum absolute atomic E-state index is 0.0898. The van der Waals surface area contributed by atoms with E-state index < -0.39 is 0 Å². The summed E-state index contributed by atoms with van der Waals surface area (Å²) < 4.78 is 0. The average molecular weight is 321 g/mol. The first-order valence-corrected chi connectivity index (χ1v) is 8.02. The van der Waals surface area contributed by atoms with Crippen molar-refractivity contribution >= 4 is 39.5 Å². The van der Waals surface area contributed by atoms with Crippen LogP contribution < -0.4 is 10.6 Å². The first kappa shape index (κ1) is 15.4. The molecular formula is C19H19N3S. The van der Waals surface area contributed by atoms with Gasteiger partial charge in [0.1, 0.15) is 0 Å². The molecule has 1 heterocycles. The number of benzene rings is 2. The molecule has 0 saturated carbocycles. The number of nitrogens with one attached hydrogen (secondary N) is 2. The van der Waals surface area contributed by atoms with Gasteiger partial charge in [-0.2, -0.15) is 0 Å². The molecule has 3 aromatic rings. The summed E-state index contributed by atoms with van der Waals surface area (Å²) in [5.74, 6) is 0.0898. The molecule has 3 nitrogen and oxygen atoms in total. The summed E-state index contributed by atoms with van der Waals surface area (Å²) >= 11 is 5.60. The zero-order valence-electron chi connectivity index (χ0n) is 13.2. The molecule has 4 heteroatoms. The maximum atomic E-state index is 5.60. The molecule has 0 amide bonds. The molecule has 1 unspecified atom stereocenters. The molecule has 0 radical (unpaired) electrons. The van der Waals surface area contributed by atoms with Crippen LogP contribution in [0.5, 0.6) is 0 Å². The first-order chi connectivity index (χ1) is 11.2. The van der Waals surface area contributed by atoms with Gasteiger partial charge in [-0.1, -0.05) is 49.5 Å². The molecule has 2 N–H and O–H groups in total. The quantitative estimate of drug-likeness (QED) is 0.676. The number of para-hydroxylation sites is 3. The molecular weight excluding hydrogens is 302 g/mol. The molecule has 1 aromatic heterocycles. The van der Waals surface area contributed by atoms with E-state index in [0.717, 1.165) is 32.8 Å². The molecule has 1 atom stereocenters. The fraction of sp³-hybridized carbons (Fsp3) is 0.158. The lowest BCUT2D eigenvalue weighted by atomic mass is 10.0. The van der Waals surface area contributed by atoms with E-state index in [1.165, 1.54) is 0 Å². The number of hydrogen-bond donors (Lipinski definition) is 2. The predicted molar refractivity (Wildman–Crippen MR) is 102 cm³/mol. The van der Waals surface area contributed by atoms with Crippen LogP contribution in [-0.2, 0) is 0 Å². The zero-order valence-corrected chi connectivity index (χ0v) is 14.0. The standard InChI is InChI=1S/C19H19N3S/c1-13(15-11-14-7-3-4-8-16(14)21-12-15)19(23)22-18-10-6-5-9-17(18)20-2/h3-13,20H,1-2H3,(H,22,23). The van der Waals surface area contributed by atoms with Crippen molar-refractivity contribution in [3.05, 3.63) is 66.4 Å². The Bertz CT molecular complexity index is 845. The molecule has 23 heavy (non-hydrogen) atoms. The van der Waals surface area contributed by atoms with Gasteiger partial charge in [0.05, 0.1) is 21.9 Å². The number of nitrogens with zero attached hydrogens (tertiary/aromatic N) is 1. The van der Waals surface area contributed by atoms with Crippen molar-refractivity contribution in [1.29, 1.82) is 0 Å². The maximum absolute atomic E-state index is 5.60. The Morgan fingerprint density at radius 3 is 2.52 bits per heavy atom. The number of aromatic nitrogens is 1. The monoisotopic (exact) mass is 321 g/mol. The minimum atomic E-state index is 0.0898. The molecule has 0 aliphatic rings. The van der Waals surface area contributed by atoms with Gasteiger partial charge in [0.2, 0.25) is 0 Å². The van der Waals surface area contributed by atoms with E-state index in [9.17, 15) is 0 Å². The van der Waals surface area contributed by atoms with E-state index in [2.05, 4.69) is 34.7 Å². The van der Waals surface area contributed by atoms with Gasteiger partial charge >= 0.3 is 0 Å². The summed E-state index contributed by atoms with van der Waals surface area (Å²) in [5, 5.41) is 7.65. The van der Waals surface area contributed by atoms with Crippen molar-refractivity contribution < 1.29 is 0 Å². The van der Waals surface area contributed by atoms with E-state index in [0.29, 0.717) is 0 Å². The largest absolute Gasteiger partial charge is 0.386 e. The number of fused-ring (bicyclic) bond motifs is 1. The van der Waals surface area contributed by atoms with Crippen LogP contribution in [0.2, 0.25) is 0 Å². The highest BCUT2D eigenvalue weighted by atomic mass is 32.1. The normalized spacial score (nSPS) is 11.9. The summed E-state index contributed by atoms with van der Waals surface area (Å²) in [7, 11) is 1.90. The van der Waals surface area contributed by atoms with Gasteiger partial charge in [-0.05, 0) is 29.8 Å². The molecule has 0 fully saturated rings. The zero-order chi connectivity index (χ0) is 16.2. The van der Waals surface area contributed by atoms with E-state index in [-0.39, 0.29) is 5.92 Å². The molecule has 116 valence electrons. The van der Waals surface area contributed by atoms with Crippen molar-refractivity contribution in [2.75, 3.05) is 17.7 Å². The lowest BCUT2D eigenvalue weighted by Crippen LogP contribution is -2.17. The van der Waals surface area contributed by atoms with Crippen LogP contribution in [-0.4, -0.2) is 17.0 Å². The van der Waals surface area contributed by atoms with Crippen molar-refractivity contribution in [1.82, 2.24) is 4.98 Å². The lowest BCUT2D eigenvalue weighted by Gasteiger charge is -2.17. The summed E-state index contributed by atoms with van der Waals surface area (Å²) in [4.78, 5) is 5.31. The Kier molecular flexibility index (Phi) is 4.53. The highest BCUT2D eigenvalue weighted by Gasteiger charge is 2.13. The molecule has 0 aliphatic carbocycles. The Hall–Kier alpha value is -2.46. The van der Waals surface area contributed by atoms with Crippen LogP contribution in [0.1, 0.15) is 18.4 Å². The molecule has 0 spiro atoms. The van der Waals surface area contributed by atoms with Gasteiger partial charge in [-0.3, -0.25) is 4.98 Å². The second-order valence-corrected chi connectivity index (χ2v) is 5.91. The van der Waals surface area contributed by atoms with E-state index in [4.69, 9.17) is 12.2 Å². The highest BCUT2D eigenvalue weighted by molar-refractivity contribution is 7.80. The summed E-state index contributed by atoms with van der Waals surface area (Å²) in [5.41, 5.74) is 4.13. The van der Waals surface area contributed by atoms with Crippen molar-refractivity contribution in [3.8, 4) is 0 Å². The summed E-state index contributed by atoms with van der Waals surface area (Å²) in [6.45, 7) is 2.10. The van der Waals surface area contributed by atoms with Crippen molar-refractivity contribution in [3.63, 3.8) is 0 Å². The highest BCUT2D eigenvalue weighted by Crippen LogP contribution is 2.25. The van der Waals surface area contributed by atoms with Crippen LogP contribution in [0.3, 0.4) is 0 Å². The second kappa shape index (κ2) is 6.75. The van der Waals surface area contributed by atoms with Gasteiger partial charge in [0, 0.05) is 24.5 Å². The number of hydrogen-bond acceptors (Lipinski definition) is 3. The van der Waals surface area contributed by atoms with Gasteiger partial charge in [0.15, 0.2) is 0 Å². The second-order valence-electron chi connectivity index (χ2n) is 5.47. The molecule has 0 saturated heterocycles. The summed E-state index contributed by atoms with van der Waals surface area (Å²) in [6, 6.07) is 18.3. The van der Waals surface area contributed by atoms with Crippen molar-refractivity contribution in [2.24, 2.45) is 0 Å². The molecule has 2 aromatic carbocycles. The maximum Gasteiger partial charge on any atom is 0.0871 e. The fourth-order valence-electron chi connectivity index (χ4n) is 2.53. The third-order valence-electron chi connectivity index (χ3n) is 3.96. The van der Waals surface area contributed by atoms with Crippen LogP contribution in [0, 0.1) is 0 Å². The van der Waals surface area contributed by atoms with E-state index >= 15 is 0 Å². The Morgan fingerprint density at radius 2 is 1.74 bits per heavy atom. The fourth-order valence-corrected chi connectivity index (χ4v) is 2.77. The minimum Gasteiger partial charge on any atom is -0.386 e. The Labute approximate surface area is 141 Å². The van der Waals surface area contributed by atoms with Gasteiger partial charge < -0.3 is 10.6 Å². The third-order valence-corrected chi connectivity index (χ3v) is 4.41. The van der Waals surface area contributed by atoms with Crippen LogP contribution in [0.15, 0.2) is 60.8 Å². The predicted octanol–water partition coefficient (Wildman–Crippen LogP) is 4.82. The molecule has 0 aliphatic heterocycles. The smallest absolute Gasteiger partial charge is 0.0871 e. The lowest BCUT2D eigenvalue weighted by molar-refractivity contribution is 1.02. The molecule has 0 bridgehead atoms. The Morgan fingerprint density at radius 1 is 1.04 bits per heavy atom. The number of thiocarbonyl (C=S) groups is 1. The molecule has 3 rings (SSSR count). The van der Waals surface area contributed by atoms with E-state index in [1.54, 1.807) is 0 Å². The SMILES string of the molecule is CNc1ccccc1NC(=S)C(C)c1cnc2ccccc2c1. The third kappa shape index (κ3) is 3.32. The van der Waals surface area contributed by atoms with Crippen LogP contribution >= 0.6 is 12.2 Å². The number of pyridine rings is 1. The number of anilines is 2.